The van der Waals surface area contributed by atoms with E-state index in [-0.39, 0.29) is 18.2 Å². The van der Waals surface area contributed by atoms with Gasteiger partial charge in [0.05, 0.1) is 13.0 Å². The number of carbonyl (C=O) groups excluding carboxylic acids is 2. The molecule has 0 rings (SSSR count). The SMILES string of the molecule is CCOC(=O)C/C(=C/N(C)C)C(C)=O. The van der Waals surface area contributed by atoms with E-state index >= 15 is 0 Å². The molecule has 0 aliphatic carbocycles. The number of ether oxygens (including phenoxy) is 1. The third-order valence-electron chi connectivity index (χ3n) is 1.51. The Bertz CT molecular complexity index is 244. The normalized spacial score (nSPS) is 11.0. The Hall–Kier alpha value is -1.32. The Labute approximate surface area is 84.5 Å². The van der Waals surface area contributed by atoms with E-state index in [4.69, 9.17) is 4.74 Å². The van der Waals surface area contributed by atoms with Crippen molar-refractivity contribution in [2.45, 2.75) is 20.3 Å². The Morgan fingerprint density at radius 1 is 1.36 bits per heavy atom. The predicted octanol–water partition coefficient (Wildman–Crippen LogP) is 0.974. The van der Waals surface area contributed by atoms with Crippen molar-refractivity contribution in [1.29, 1.82) is 0 Å². The van der Waals surface area contributed by atoms with E-state index < -0.39 is 0 Å². The summed E-state index contributed by atoms with van der Waals surface area (Å²) in [4.78, 5) is 24.0. The molecule has 0 bridgehead atoms. The Morgan fingerprint density at radius 2 is 1.93 bits per heavy atom. The Kier molecular flexibility index (Phi) is 5.60. The summed E-state index contributed by atoms with van der Waals surface area (Å²) in [5.74, 6) is -0.470. The number of nitrogens with zero attached hydrogens (tertiary/aromatic N) is 1. The molecule has 0 atom stereocenters. The van der Waals surface area contributed by atoms with E-state index in [0.717, 1.165) is 0 Å². The first kappa shape index (κ1) is 12.7. The summed E-state index contributed by atoms with van der Waals surface area (Å²) in [6.07, 6.45) is 1.68. The van der Waals surface area contributed by atoms with Crippen molar-refractivity contribution in [1.82, 2.24) is 4.90 Å². The van der Waals surface area contributed by atoms with Crippen molar-refractivity contribution >= 4 is 11.8 Å². The maximum Gasteiger partial charge on any atom is 0.310 e. The number of esters is 1. The lowest BCUT2D eigenvalue weighted by Crippen LogP contribution is -2.12. The van der Waals surface area contributed by atoms with E-state index in [1.165, 1.54) is 6.92 Å². The molecule has 4 heteroatoms. The monoisotopic (exact) mass is 199 g/mol. The Balaban J connectivity index is 4.39. The van der Waals surface area contributed by atoms with Crippen molar-refractivity contribution in [3.8, 4) is 0 Å². The van der Waals surface area contributed by atoms with Crippen LogP contribution in [0, 0.1) is 0 Å². The summed E-state index contributed by atoms with van der Waals surface area (Å²) < 4.78 is 4.75. The zero-order valence-corrected chi connectivity index (χ0v) is 9.16. The van der Waals surface area contributed by atoms with Gasteiger partial charge in [0.2, 0.25) is 0 Å². The van der Waals surface area contributed by atoms with E-state index in [1.54, 1.807) is 32.1 Å². The molecule has 0 N–H and O–H groups in total. The van der Waals surface area contributed by atoms with Gasteiger partial charge in [-0.2, -0.15) is 0 Å². The van der Waals surface area contributed by atoms with Crippen LogP contribution >= 0.6 is 0 Å². The van der Waals surface area contributed by atoms with Crippen LogP contribution in [0.4, 0.5) is 0 Å². The molecule has 0 aromatic rings. The zero-order valence-electron chi connectivity index (χ0n) is 9.16. The van der Waals surface area contributed by atoms with Crippen LogP contribution in [-0.2, 0) is 14.3 Å². The van der Waals surface area contributed by atoms with Crippen LogP contribution in [0.3, 0.4) is 0 Å². The largest absolute Gasteiger partial charge is 0.466 e. The fourth-order valence-electron chi connectivity index (χ4n) is 0.940. The summed E-state index contributed by atoms with van der Waals surface area (Å²) >= 11 is 0. The van der Waals surface area contributed by atoms with Crippen LogP contribution < -0.4 is 0 Å². The molecule has 0 radical (unpaired) electrons. The molecule has 0 spiro atoms. The van der Waals surface area contributed by atoms with Crippen molar-refractivity contribution in [3.63, 3.8) is 0 Å². The van der Waals surface area contributed by atoms with Gasteiger partial charge in [-0.3, -0.25) is 9.59 Å². The van der Waals surface area contributed by atoms with E-state index in [2.05, 4.69) is 0 Å². The summed E-state index contributed by atoms with van der Waals surface area (Å²) in [5, 5.41) is 0. The van der Waals surface area contributed by atoms with Gasteiger partial charge in [0.15, 0.2) is 5.78 Å². The molecule has 0 saturated carbocycles. The second-order valence-electron chi connectivity index (χ2n) is 3.16. The third-order valence-corrected chi connectivity index (χ3v) is 1.51. The van der Waals surface area contributed by atoms with Crippen LogP contribution in [0.2, 0.25) is 0 Å². The van der Waals surface area contributed by atoms with Crippen LogP contribution in [0.25, 0.3) is 0 Å². The van der Waals surface area contributed by atoms with Crippen molar-refractivity contribution < 1.29 is 14.3 Å². The van der Waals surface area contributed by atoms with E-state index in [0.29, 0.717) is 12.2 Å². The van der Waals surface area contributed by atoms with Gasteiger partial charge in [-0.1, -0.05) is 0 Å². The smallest absolute Gasteiger partial charge is 0.310 e. The maximum atomic E-state index is 11.1. The van der Waals surface area contributed by atoms with Crippen molar-refractivity contribution in [2.75, 3.05) is 20.7 Å². The quantitative estimate of drug-likeness (QED) is 0.489. The van der Waals surface area contributed by atoms with Crippen molar-refractivity contribution in [3.05, 3.63) is 11.8 Å². The highest BCUT2D eigenvalue weighted by molar-refractivity contribution is 5.97. The molecular weight excluding hydrogens is 182 g/mol. The van der Waals surface area contributed by atoms with Crippen LogP contribution in [0.1, 0.15) is 20.3 Å². The molecule has 80 valence electrons. The van der Waals surface area contributed by atoms with Gasteiger partial charge in [0.25, 0.3) is 0 Å². The predicted molar refractivity (Wildman–Crippen MR) is 53.7 cm³/mol. The fraction of sp³-hybridized carbons (Fsp3) is 0.600. The topological polar surface area (TPSA) is 46.6 Å². The third kappa shape index (κ3) is 5.35. The fourth-order valence-corrected chi connectivity index (χ4v) is 0.940. The minimum atomic E-state index is -0.365. The minimum absolute atomic E-state index is 0.0430. The van der Waals surface area contributed by atoms with Gasteiger partial charge in [0.1, 0.15) is 0 Å². The first-order valence-corrected chi connectivity index (χ1v) is 4.51. The molecule has 0 saturated heterocycles. The number of rotatable bonds is 5. The first-order valence-electron chi connectivity index (χ1n) is 4.51. The van der Waals surface area contributed by atoms with Gasteiger partial charge in [-0.05, 0) is 13.8 Å². The molecular formula is C10H17NO3. The summed E-state index contributed by atoms with van der Waals surface area (Å²) in [5.41, 5.74) is 0.466. The summed E-state index contributed by atoms with van der Waals surface area (Å²) in [6, 6.07) is 0. The summed E-state index contributed by atoms with van der Waals surface area (Å²) in [6.45, 7) is 3.52. The van der Waals surface area contributed by atoms with Crippen molar-refractivity contribution in [2.24, 2.45) is 0 Å². The van der Waals surface area contributed by atoms with Gasteiger partial charge < -0.3 is 9.64 Å². The van der Waals surface area contributed by atoms with Gasteiger partial charge >= 0.3 is 5.97 Å². The van der Waals surface area contributed by atoms with Gasteiger partial charge in [-0.15, -0.1) is 0 Å². The van der Waals surface area contributed by atoms with Crippen LogP contribution in [0.5, 0.6) is 0 Å². The molecule has 0 amide bonds. The van der Waals surface area contributed by atoms with E-state index in [1.807, 2.05) is 0 Å². The Morgan fingerprint density at radius 3 is 2.29 bits per heavy atom. The molecule has 0 heterocycles. The summed E-state index contributed by atoms with van der Waals surface area (Å²) in [7, 11) is 3.60. The van der Waals surface area contributed by atoms with Gasteiger partial charge in [0, 0.05) is 25.9 Å². The molecule has 0 aliphatic rings. The lowest BCUT2D eigenvalue weighted by Gasteiger charge is -2.09. The highest BCUT2D eigenvalue weighted by Crippen LogP contribution is 2.05. The van der Waals surface area contributed by atoms with Crippen LogP contribution in [-0.4, -0.2) is 37.4 Å². The molecule has 0 aliphatic heterocycles. The molecule has 0 aromatic heterocycles. The highest BCUT2D eigenvalue weighted by atomic mass is 16.5. The second-order valence-corrected chi connectivity index (χ2v) is 3.16. The lowest BCUT2D eigenvalue weighted by molar-refractivity contribution is -0.142. The zero-order chi connectivity index (χ0) is 11.1. The number of ketones is 1. The average molecular weight is 199 g/mol. The number of hydrogen-bond donors (Lipinski definition) is 0. The number of carbonyl (C=O) groups is 2. The standard InChI is InChI=1S/C10H17NO3/c1-5-14-10(13)6-9(8(2)12)7-11(3)4/h7H,5-6H2,1-4H3/b9-7-. The minimum Gasteiger partial charge on any atom is -0.466 e. The highest BCUT2D eigenvalue weighted by Gasteiger charge is 2.10. The second kappa shape index (κ2) is 6.18. The molecule has 0 fully saturated rings. The molecule has 4 nitrogen and oxygen atoms in total. The maximum absolute atomic E-state index is 11.1. The first-order chi connectivity index (χ1) is 6.47. The number of Topliss-reactive ketones (excluding diaryl/α,β-unsaturated/α-hetero) is 1. The molecule has 0 aromatic carbocycles. The molecule has 14 heavy (non-hydrogen) atoms. The molecule has 0 unspecified atom stereocenters. The van der Waals surface area contributed by atoms with Gasteiger partial charge in [-0.25, -0.2) is 0 Å². The van der Waals surface area contributed by atoms with E-state index in [9.17, 15) is 9.59 Å². The lowest BCUT2D eigenvalue weighted by atomic mass is 10.1. The average Bonchev–Trinajstić information content (AvgIpc) is 2.02. The van der Waals surface area contributed by atoms with Crippen LogP contribution in [0.15, 0.2) is 11.8 Å². The number of hydrogen-bond acceptors (Lipinski definition) is 4.